The fourth-order valence-corrected chi connectivity index (χ4v) is 12.0. The van der Waals surface area contributed by atoms with Crippen LogP contribution in [0.4, 0.5) is 10.8 Å². The van der Waals surface area contributed by atoms with E-state index in [4.69, 9.17) is 0 Å². The summed E-state index contributed by atoms with van der Waals surface area (Å²) in [5, 5.41) is 5.50. The maximum absolute atomic E-state index is 4.55. The first-order valence-corrected chi connectivity index (χ1v) is 12.6. The van der Waals surface area contributed by atoms with Gasteiger partial charge in [-0.1, -0.05) is 67.9 Å². The van der Waals surface area contributed by atoms with E-state index in [1.807, 2.05) is 13.8 Å². The first-order valence-electron chi connectivity index (χ1n) is 9.23. The van der Waals surface area contributed by atoms with Crippen molar-refractivity contribution in [3.8, 4) is 0 Å². The second-order valence-electron chi connectivity index (χ2n) is 6.45. The van der Waals surface area contributed by atoms with Crippen molar-refractivity contribution in [3.05, 3.63) is 71.8 Å². The van der Waals surface area contributed by atoms with Crippen molar-refractivity contribution in [3.63, 3.8) is 0 Å². The van der Waals surface area contributed by atoms with Gasteiger partial charge in [-0.2, -0.15) is 0 Å². The van der Waals surface area contributed by atoms with E-state index in [2.05, 4.69) is 96.3 Å². The Morgan fingerprint density at radius 2 is 1.11 bits per heavy atom. The van der Waals surface area contributed by atoms with Crippen molar-refractivity contribution in [2.24, 2.45) is 9.98 Å². The third kappa shape index (κ3) is 2.73. The van der Waals surface area contributed by atoms with Gasteiger partial charge in [0.1, 0.15) is 0 Å². The summed E-state index contributed by atoms with van der Waals surface area (Å²) in [4.78, 5) is 9.10. The molecule has 2 nitrogen and oxygen atoms in total. The molecule has 0 aliphatic carbocycles. The smallest absolute Gasteiger partial charge is 0.0988 e. The van der Waals surface area contributed by atoms with Crippen LogP contribution in [0.25, 0.3) is 33.2 Å². The summed E-state index contributed by atoms with van der Waals surface area (Å²) in [6.07, 6.45) is 8.40. The number of aliphatic imine (C=N–C) groups is 2. The van der Waals surface area contributed by atoms with Crippen LogP contribution in [0.5, 0.6) is 0 Å². The molecule has 0 N–H and O–H groups in total. The van der Waals surface area contributed by atoms with Gasteiger partial charge in [-0.3, -0.25) is 9.98 Å². The van der Waals surface area contributed by atoms with Crippen molar-refractivity contribution in [1.82, 2.24) is 0 Å². The van der Waals surface area contributed by atoms with Gasteiger partial charge in [-0.15, -0.1) is 0 Å². The molecule has 0 aliphatic heterocycles. The highest BCUT2D eigenvalue weighted by Gasteiger charge is 2.24. The lowest BCUT2D eigenvalue weighted by Gasteiger charge is -2.07. The van der Waals surface area contributed by atoms with E-state index >= 15 is 0 Å². The van der Waals surface area contributed by atoms with Crippen LogP contribution in [-0.2, 0) is 0 Å². The number of allylic oxidation sites excluding steroid dienone is 2. The number of fused-ring (bicyclic) bond motifs is 3. The zero-order chi connectivity index (χ0) is 19.7. The minimum atomic E-state index is -0.785. The fraction of sp³-hybridized carbons (Fsp3) is 0.0833. The van der Waals surface area contributed by atoms with E-state index in [0.717, 1.165) is 22.0 Å². The second-order valence-corrected chi connectivity index (χ2v) is 11.9. The van der Waals surface area contributed by atoms with E-state index in [1.54, 1.807) is 0 Å². The molecule has 0 saturated carbocycles. The van der Waals surface area contributed by atoms with Crippen molar-refractivity contribution in [2.45, 2.75) is 13.8 Å². The van der Waals surface area contributed by atoms with Crippen LogP contribution in [0.15, 0.2) is 70.7 Å². The first kappa shape index (κ1) is 18.7. The maximum atomic E-state index is 4.55. The minimum absolute atomic E-state index is 0.629. The van der Waals surface area contributed by atoms with E-state index in [0.29, 0.717) is 0 Å². The van der Waals surface area contributed by atoms with E-state index in [-0.39, 0.29) is 0 Å². The Bertz CT molecular complexity index is 1170. The summed E-state index contributed by atoms with van der Waals surface area (Å²) >= 11 is 0. The van der Waals surface area contributed by atoms with E-state index < -0.39 is 14.4 Å². The van der Waals surface area contributed by atoms with Crippen LogP contribution in [0.2, 0.25) is 0 Å². The van der Waals surface area contributed by atoms with E-state index in [1.165, 1.54) is 21.0 Å². The molecule has 2 aromatic heterocycles. The van der Waals surface area contributed by atoms with Crippen LogP contribution < -0.4 is 0 Å². The molecule has 0 amide bonds. The molecule has 0 bridgehead atoms. The molecule has 0 fully saturated rings. The lowest BCUT2D eigenvalue weighted by molar-refractivity contribution is 1.59. The molecule has 0 aliphatic rings. The summed E-state index contributed by atoms with van der Waals surface area (Å²) in [5.41, 5.74) is 4.41. The third-order valence-corrected chi connectivity index (χ3v) is 12.2. The summed E-state index contributed by atoms with van der Waals surface area (Å²) in [6, 6.07) is 17.5. The maximum Gasteiger partial charge on any atom is 0.0988 e. The zero-order valence-corrected chi connectivity index (χ0v) is 17.9. The molecule has 2 aromatic carbocycles. The van der Waals surface area contributed by atoms with Crippen molar-refractivity contribution < 1.29 is 0 Å². The Hall–Kier alpha value is -2.66. The summed E-state index contributed by atoms with van der Waals surface area (Å²) in [7, 11) is -1.41. The molecule has 4 rings (SSSR count). The zero-order valence-electron chi connectivity index (χ0n) is 16.1. The molecule has 0 saturated heterocycles. The quantitative estimate of drug-likeness (QED) is 0.299. The average molecular weight is 400 g/mol. The standard InChI is InChI=1S/C24H22N2P2/c1-5-11-19-20(12-6-2)24(26-4)28(23(19)25-3)27-21-15-9-7-13-17(21)18-14-8-10-16-22(18)27/h5-16H,3-4H2,1-2H3/b11-5-,12-6-. The molecule has 0 radical (unpaired) electrons. The highest BCUT2D eigenvalue weighted by molar-refractivity contribution is 8.28. The van der Waals surface area contributed by atoms with Crippen LogP contribution >= 0.6 is 14.4 Å². The average Bonchev–Trinajstić information content (AvgIpc) is 3.20. The van der Waals surface area contributed by atoms with Gasteiger partial charge in [0, 0.05) is 21.4 Å². The van der Waals surface area contributed by atoms with Crippen LogP contribution in [0.1, 0.15) is 25.0 Å². The second kappa shape index (κ2) is 7.76. The SMILES string of the molecule is C=Nc1c(/C=C\C)c(/C=C\C)c(N=C)p1-p1c2ccccc2c2ccccc21. The predicted molar refractivity (Wildman–Crippen MR) is 132 cm³/mol. The highest BCUT2D eigenvalue weighted by atomic mass is 32.0. The van der Waals surface area contributed by atoms with Gasteiger partial charge in [-0.05, 0) is 57.4 Å². The Kier molecular flexibility index (Phi) is 5.18. The Morgan fingerprint density at radius 1 is 0.679 bits per heavy atom. The summed E-state index contributed by atoms with van der Waals surface area (Å²) in [6.45, 7) is 12.0. The largest absolute Gasteiger partial charge is 0.259 e. The van der Waals surface area contributed by atoms with Gasteiger partial charge in [0.05, 0.1) is 10.8 Å². The molecule has 0 unspecified atom stereocenters. The molecule has 28 heavy (non-hydrogen) atoms. The molecule has 2 heterocycles. The number of hydrogen-bond acceptors (Lipinski definition) is 2. The van der Waals surface area contributed by atoms with Crippen LogP contribution in [0.3, 0.4) is 0 Å². The molecule has 0 spiro atoms. The first-order chi connectivity index (χ1) is 13.8. The lowest BCUT2D eigenvalue weighted by Crippen LogP contribution is -1.73. The van der Waals surface area contributed by atoms with E-state index in [9.17, 15) is 0 Å². The predicted octanol–water partition coefficient (Wildman–Crippen LogP) is 9.01. The molecule has 0 atom stereocenters. The van der Waals surface area contributed by atoms with Gasteiger partial charge >= 0.3 is 0 Å². The monoisotopic (exact) mass is 400 g/mol. The molecule has 4 aromatic rings. The van der Waals surface area contributed by atoms with Gasteiger partial charge in [0.25, 0.3) is 0 Å². The summed E-state index contributed by atoms with van der Waals surface area (Å²) in [5.74, 6) is 0. The normalized spacial score (nSPS) is 11.9. The fourth-order valence-electron chi connectivity index (χ4n) is 3.84. The molecular formula is C24H22N2P2. The number of hydrogen-bond donors (Lipinski definition) is 0. The molecular weight excluding hydrogens is 378 g/mol. The molecule has 138 valence electrons. The number of rotatable bonds is 5. The Balaban J connectivity index is 2.26. The van der Waals surface area contributed by atoms with Gasteiger partial charge in [0.15, 0.2) is 0 Å². The number of nitrogens with zero attached hydrogens (tertiary/aromatic N) is 2. The highest BCUT2D eigenvalue weighted by Crippen LogP contribution is 2.76. The van der Waals surface area contributed by atoms with Crippen LogP contribution in [-0.4, -0.2) is 13.4 Å². The molecule has 4 heteroatoms. The lowest BCUT2D eigenvalue weighted by atomic mass is 10.1. The van der Waals surface area contributed by atoms with Crippen molar-refractivity contribution in [2.75, 3.05) is 0 Å². The summed E-state index contributed by atoms with van der Waals surface area (Å²) < 4.78 is 0. The third-order valence-electron chi connectivity index (χ3n) is 4.89. The van der Waals surface area contributed by atoms with Gasteiger partial charge < -0.3 is 0 Å². The Morgan fingerprint density at radius 3 is 1.50 bits per heavy atom. The van der Waals surface area contributed by atoms with Gasteiger partial charge in [-0.25, -0.2) is 0 Å². The minimum Gasteiger partial charge on any atom is -0.259 e. The van der Waals surface area contributed by atoms with Gasteiger partial charge in [0.2, 0.25) is 0 Å². The topological polar surface area (TPSA) is 24.7 Å². The van der Waals surface area contributed by atoms with Crippen LogP contribution in [0, 0.1) is 0 Å². The van der Waals surface area contributed by atoms with Crippen molar-refractivity contribution in [1.29, 1.82) is 0 Å². The van der Waals surface area contributed by atoms with Crippen molar-refractivity contribution >= 4 is 71.9 Å². The Labute approximate surface area is 167 Å². The number of benzene rings is 2.